The minimum absolute atomic E-state index is 0.0540. The van der Waals surface area contributed by atoms with E-state index in [2.05, 4.69) is 10.6 Å². The zero-order valence-corrected chi connectivity index (χ0v) is 13.4. The smallest absolute Gasteiger partial charge is 0.229 e. The number of halogens is 1. The number of piperidine rings is 1. The van der Waals surface area contributed by atoms with E-state index in [9.17, 15) is 4.79 Å². The van der Waals surface area contributed by atoms with E-state index in [1.54, 1.807) is 7.11 Å². The van der Waals surface area contributed by atoms with Crippen molar-refractivity contribution in [2.75, 3.05) is 26.8 Å². The van der Waals surface area contributed by atoms with Gasteiger partial charge in [-0.15, -0.1) is 0 Å². The van der Waals surface area contributed by atoms with Gasteiger partial charge in [-0.25, -0.2) is 0 Å². The molecule has 0 aromatic heterocycles. The van der Waals surface area contributed by atoms with Crippen LogP contribution in [0.5, 0.6) is 0 Å². The average Bonchev–Trinajstić information content (AvgIpc) is 2.48. The van der Waals surface area contributed by atoms with Crippen LogP contribution in [-0.2, 0) is 9.53 Å². The first-order chi connectivity index (χ1) is 10.1. The number of methoxy groups -OCH3 is 1. The second kappa shape index (κ2) is 7.25. The number of nitrogens with one attached hydrogen (secondary N) is 2. The van der Waals surface area contributed by atoms with E-state index in [1.807, 2.05) is 31.2 Å². The molecule has 1 heterocycles. The van der Waals surface area contributed by atoms with E-state index < -0.39 is 5.41 Å². The van der Waals surface area contributed by atoms with Gasteiger partial charge in [-0.3, -0.25) is 4.79 Å². The molecule has 1 unspecified atom stereocenters. The summed E-state index contributed by atoms with van der Waals surface area (Å²) in [5.74, 6) is 0.0540. The molecule has 1 fully saturated rings. The summed E-state index contributed by atoms with van der Waals surface area (Å²) in [6.07, 6.45) is 1.59. The van der Waals surface area contributed by atoms with E-state index >= 15 is 0 Å². The van der Waals surface area contributed by atoms with Crippen LogP contribution >= 0.6 is 11.6 Å². The van der Waals surface area contributed by atoms with Gasteiger partial charge in [0.25, 0.3) is 0 Å². The molecule has 4 nitrogen and oxygen atoms in total. The van der Waals surface area contributed by atoms with Gasteiger partial charge in [0.1, 0.15) is 0 Å². The second-order valence-electron chi connectivity index (χ2n) is 5.68. The van der Waals surface area contributed by atoms with Gasteiger partial charge in [-0.2, -0.15) is 0 Å². The lowest BCUT2D eigenvalue weighted by atomic mass is 9.78. The summed E-state index contributed by atoms with van der Waals surface area (Å²) < 4.78 is 5.30. The van der Waals surface area contributed by atoms with Gasteiger partial charge in [-0.05, 0) is 44.5 Å². The van der Waals surface area contributed by atoms with E-state index in [0.29, 0.717) is 11.6 Å². The molecule has 1 aliphatic rings. The van der Waals surface area contributed by atoms with Crippen molar-refractivity contribution in [1.29, 1.82) is 0 Å². The van der Waals surface area contributed by atoms with Crippen LogP contribution in [0.15, 0.2) is 24.3 Å². The third-order valence-electron chi connectivity index (χ3n) is 4.18. The van der Waals surface area contributed by atoms with Crippen LogP contribution in [0.1, 0.15) is 31.4 Å². The predicted molar refractivity (Wildman–Crippen MR) is 84.4 cm³/mol. The molecule has 0 saturated carbocycles. The lowest BCUT2D eigenvalue weighted by molar-refractivity contribution is -0.136. The summed E-state index contributed by atoms with van der Waals surface area (Å²) in [7, 11) is 1.65. The first-order valence-electron chi connectivity index (χ1n) is 7.34. The molecule has 116 valence electrons. The highest BCUT2D eigenvalue weighted by atomic mass is 35.5. The fourth-order valence-corrected chi connectivity index (χ4v) is 3.17. The molecule has 2 N–H and O–H groups in total. The van der Waals surface area contributed by atoms with E-state index in [0.717, 1.165) is 31.5 Å². The number of hydrogen-bond acceptors (Lipinski definition) is 3. The summed E-state index contributed by atoms with van der Waals surface area (Å²) in [6.45, 7) is 4.10. The second-order valence-corrected chi connectivity index (χ2v) is 6.09. The molecule has 1 saturated heterocycles. The number of amides is 1. The van der Waals surface area contributed by atoms with Crippen molar-refractivity contribution in [3.63, 3.8) is 0 Å². The van der Waals surface area contributed by atoms with E-state index in [1.165, 1.54) is 0 Å². The van der Waals surface area contributed by atoms with Gasteiger partial charge < -0.3 is 15.4 Å². The van der Waals surface area contributed by atoms with Gasteiger partial charge in [0.2, 0.25) is 5.91 Å². The summed E-state index contributed by atoms with van der Waals surface area (Å²) in [4.78, 5) is 12.7. The molecule has 0 radical (unpaired) electrons. The Morgan fingerprint density at radius 1 is 1.43 bits per heavy atom. The zero-order chi connectivity index (χ0) is 15.3. The Kier molecular flexibility index (Phi) is 5.62. The molecular weight excluding hydrogens is 288 g/mol. The van der Waals surface area contributed by atoms with Crippen molar-refractivity contribution in [1.82, 2.24) is 10.6 Å². The fourth-order valence-electron chi connectivity index (χ4n) is 2.87. The van der Waals surface area contributed by atoms with Gasteiger partial charge in [0.05, 0.1) is 18.1 Å². The van der Waals surface area contributed by atoms with Crippen molar-refractivity contribution >= 4 is 17.5 Å². The highest BCUT2D eigenvalue weighted by molar-refractivity contribution is 6.31. The Morgan fingerprint density at radius 3 is 2.71 bits per heavy atom. The van der Waals surface area contributed by atoms with Crippen molar-refractivity contribution in [3.05, 3.63) is 34.9 Å². The average molecular weight is 311 g/mol. The highest BCUT2D eigenvalue weighted by Crippen LogP contribution is 2.31. The monoisotopic (exact) mass is 310 g/mol. The topological polar surface area (TPSA) is 50.4 Å². The molecule has 1 aromatic rings. The van der Waals surface area contributed by atoms with Crippen molar-refractivity contribution < 1.29 is 9.53 Å². The maximum absolute atomic E-state index is 12.7. The Balaban J connectivity index is 2.10. The molecule has 0 bridgehead atoms. The Morgan fingerprint density at radius 2 is 2.10 bits per heavy atom. The van der Waals surface area contributed by atoms with Crippen LogP contribution in [0.2, 0.25) is 5.02 Å². The van der Waals surface area contributed by atoms with Crippen LogP contribution in [0.4, 0.5) is 0 Å². The Hall–Kier alpha value is -1.10. The van der Waals surface area contributed by atoms with Crippen LogP contribution in [-0.4, -0.2) is 32.7 Å². The number of carbonyl (C=O) groups is 1. The van der Waals surface area contributed by atoms with Gasteiger partial charge in [-0.1, -0.05) is 29.8 Å². The van der Waals surface area contributed by atoms with Crippen LogP contribution in [0, 0.1) is 5.41 Å². The number of ether oxygens (including phenoxy) is 1. The fraction of sp³-hybridized carbons (Fsp3) is 0.562. The number of benzene rings is 1. The Labute approximate surface area is 131 Å². The lowest BCUT2D eigenvalue weighted by Gasteiger charge is -2.36. The van der Waals surface area contributed by atoms with Crippen LogP contribution in [0.3, 0.4) is 0 Å². The molecule has 1 aromatic carbocycles. The molecular formula is C16H23ClN2O2. The van der Waals surface area contributed by atoms with Gasteiger partial charge >= 0.3 is 0 Å². The number of hydrogen-bond donors (Lipinski definition) is 2. The maximum atomic E-state index is 12.7. The standard InChI is InChI=1S/C16H23ClN2O2/c1-12(13-5-3-4-6-14(13)17)19-15(20)16(11-21-2)7-9-18-10-8-16/h3-6,12,18H,7-11H2,1-2H3,(H,19,20). The van der Waals surface area contributed by atoms with Crippen molar-refractivity contribution in [2.24, 2.45) is 5.41 Å². The minimum atomic E-state index is -0.435. The van der Waals surface area contributed by atoms with E-state index in [4.69, 9.17) is 16.3 Å². The third-order valence-corrected chi connectivity index (χ3v) is 4.53. The zero-order valence-electron chi connectivity index (χ0n) is 12.6. The summed E-state index contributed by atoms with van der Waals surface area (Å²) >= 11 is 6.20. The molecule has 1 atom stereocenters. The van der Waals surface area contributed by atoms with Crippen molar-refractivity contribution in [3.8, 4) is 0 Å². The van der Waals surface area contributed by atoms with Crippen LogP contribution in [0.25, 0.3) is 0 Å². The summed E-state index contributed by atoms with van der Waals surface area (Å²) in [5, 5.41) is 7.07. The molecule has 21 heavy (non-hydrogen) atoms. The molecule has 0 aliphatic carbocycles. The number of carbonyl (C=O) groups excluding carboxylic acids is 1. The SMILES string of the molecule is COCC1(C(=O)NC(C)c2ccccc2Cl)CCNCC1. The van der Waals surface area contributed by atoms with Crippen LogP contribution < -0.4 is 10.6 Å². The molecule has 1 aliphatic heterocycles. The Bertz CT molecular complexity index is 481. The molecule has 1 amide bonds. The number of rotatable bonds is 5. The summed E-state index contributed by atoms with van der Waals surface area (Å²) in [6, 6.07) is 7.49. The normalized spacial score (nSPS) is 19.0. The maximum Gasteiger partial charge on any atom is 0.229 e. The minimum Gasteiger partial charge on any atom is -0.384 e. The molecule has 2 rings (SSSR count). The first-order valence-corrected chi connectivity index (χ1v) is 7.72. The quantitative estimate of drug-likeness (QED) is 0.878. The predicted octanol–water partition coefficient (Wildman–Crippen LogP) is 2.53. The summed E-state index contributed by atoms with van der Waals surface area (Å²) in [5.41, 5.74) is 0.504. The first kappa shape index (κ1) is 16.3. The highest BCUT2D eigenvalue weighted by Gasteiger charge is 2.40. The van der Waals surface area contributed by atoms with Gasteiger partial charge in [0, 0.05) is 12.1 Å². The third kappa shape index (κ3) is 3.76. The van der Waals surface area contributed by atoms with Gasteiger partial charge in [0.15, 0.2) is 0 Å². The van der Waals surface area contributed by atoms with E-state index in [-0.39, 0.29) is 11.9 Å². The molecule has 0 spiro atoms. The molecule has 5 heteroatoms. The largest absolute Gasteiger partial charge is 0.384 e. The van der Waals surface area contributed by atoms with Crippen molar-refractivity contribution in [2.45, 2.75) is 25.8 Å². The lowest BCUT2D eigenvalue weighted by Crippen LogP contribution is -2.50.